The lowest BCUT2D eigenvalue weighted by Crippen LogP contribution is -2.41. The van der Waals surface area contributed by atoms with E-state index in [1.807, 2.05) is 0 Å². The second-order valence-electron chi connectivity index (χ2n) is 6.99. The zero-order chi connectivity index (χ0) is 21.5. The van der Waals surface area contributed by atoms with E-state index >= 15 is 0 Å². The summed E-state index contributed by atoms with van der Waals surface area (Å²) in [4.78, 5) is 26.7. The van der Waals surface area contributed by atoms with Gasteiger partial charge in [-0.15, -0.1) is 0 Å². The van der Waals surface area contributed by atoms with Gasteiger partial charge in [-0.2, -0.15) is 0 Å². The fourth-order valence-electron chi connectivity index (χ4n) is 2.96. The highest BCUT2D eigenvalue weighted by atomic mass is 35.5. The lowest BCUT2D eigenvalue weighted by molar-refractivity contribution is -0.118. The molecule has 1 fully saturated rings. The van der Waals surface area contributed by atoms with Crippen molar-refractivity contribution in [2.24, 2.45) is 0 Å². The average molecular weight is 451 g/mol. The largest absolute Gasteiger partial charge is 0.379 e. The van der Waals surface area contributed by atoms with Crippen LogP contribution in [-0.2, 0) is 14.3 Å². The molecule has 1 atom stereocenters. The van der Waals surface area contributed by atoms with E-state index in [-0.39, 0.29) is 11.8 Å². The summed E-state index contributed by atoms with van der Waals surface area (Å²) in [5.41, 5.74) is 1.91. The van der Waals surface area contributed by atoms with E-state index in [1.165, 1.54) is 0 Å². The Labute approximate surface area is 185 Å². The highest BCUT2D eigenvalue weighted by Gasteiger charge is 2.16. The number of rotatable bonds is 7. The fourth-order valence-corrected chi connectivity index (χ4v) is 3.30. The molecule has 1 heterocycles. The Hall–Kier alpha value is -2.32. The Morgan fingerprint density at radius 1 is 1.03 bits per heavy atom. The smallest absolute Gasteiger partial charge is 0.246 e. The number of ether oxygens (including phenoxy) is 1. The molecule has 7 nitrogen and oxygen atoms in total. The van der Waals surface area contributed by atoms with Crippen LogP contribution < -0.4 is 16.0 Å². The van der Waals surface area contributed by atoms with Crippen LogP contribution in [0, 0.1) is 0 Å². The molecule has 3 N–H and O–H groups in total. The summed E-state index contributed by atoms with van der Waals surface area (Å²) >= 11 is 12.0. The van der Waals surface area contributed by atoms with Crippen LogP contribution in [0.4, 0.5) is 17.1 Å². The molecular formula is C21H24Cl2N4O3. The number of benzene rings is 2. The lowest BCUT2D eigenvalue weighted by Gasteiger charge is -2.25. The molecule has 1 aliphatic rings. The molecule has 160 valence electrons. The highest BCUT2D eigenvalue weighted by Crippen LogP contribution is 2.25. The molecule has 2 aromatic rings. The molecule has 9 heteroatoms. The first kappa shape index (κ1) is 22.4. The summed E-state index contributed by atoms with van der Waals surface area (Å²) in [6.07, 6.45) is 0. The minimum absolute atomic E-state index is 0.0660. The number of carbonyl (C=O) groups excluding carboxylic acids is 2. The molecule has 0 saturated carbocycles. The van der Waals surface area contributed by atoms with E-state index < -0.39 is 6.04 Å². The van der Waals surface area contributed by atoms with Crippen LogP contribution in [-0.4, -0.2) is 55.6 Å². The van der Waals surface area contributed by atoms with Gasteiger partial charge in [-0.25, -0.2) is 0 Å². The number of anilines is 3. The molecule has 30 heavy (non-hydrogen) atoms. The molecule has 1 aliphatic heterocycles. The number of carbonyl (C=O) groups is 2. The van der Waals surface area contributed by atoms with E-state index in [9.17, 15) is 9.59 Å². The predicted molar refractivity (Wildman–Crippen MR) is 121 cm³/mol. The van der Waals surface area contributed by atoms with Crippen LogP contribution in [0.15, 0.2) is 42.5 Å². The van der Waals surface area contributed by atoms with Gasteiger partial charge in [0.05, 0.1) is 30.5 Å². The minimum Gasteiger partial charge on any atom is -0.379 e. The van der Waals surface area contributed by atoms with Crippen molar-refractivity contribution < 1.29 is 14.3 Å². The first-order valence-electron chi connectivity index (χ1n) is 9.63. The molecule has 0 aromatic heterocycles. The second-order valence-corrected chi connectivity index (χ2v) is 7.84. The van der Waals surface area contributed by atoms with Crippen molar-refractivity contribution in [1.82, 2.24) is 4.90 Å². The van der Waals surface area contributed by atoms with Gasteiger partial charge in [-0.1, -0.05) is 23.2 Å². The van der Waals surface area contributed by atoms with Gasteiger partial charge in [-0.3, -0.25) is 14.5 Å². The number of nitrogens with zero attached hydrogens (tertiary/aromatic N) is 1. The standard InChI is InChI=1S/C21H24Cl2N4O3/c1-14(21(29)26-19-12-15(22)2-7-18(19)23)24-16-3-5-17(6-4-16)25-20(28)13-27-8-10-30-11-9-27/h2-7,12,14,24H,8-11,13H2,1H3,(H,25,28)(H,26,29). The number of nitrogens with one attached hydrogen (secondary N) is 3. The highest BCUT2D eigenvalue weighted by molar-refractivity contribution is 6.35. The van der Waals surface area contributed by atoms with Crippen molar-refractivity contribution in [1.29, 1.82) is 0 Å². The second kappa shape index (κ2) is 10.6. The SMILES string of the molecule is CC(Nc1ccc(NC(=O)CN2CCOCC2)cc1)C(=O)Nc1cc(Cl)ccc1Cl. The molecule has 1 saturated heterocycles. The van der Waals surface area contributed by atoms with Crippen molar-refractivity contribution in [2.45, 2.75) is 13.0 Å². The van der Waals surface area contributed by atoms with Crippen LogP contribution in [0.25, 0.3) is 0 Å². The van der Waals surface area contributed by atoms with Crippen LogP contribution in [0.3, 0.4) is 0 Å². The molecule has 0 aliphatic carbocycles. The molecule has 1 unspecified atom stereocenters. The maximum absolute atomic E-state index is 12.4. The van der Waals surface area contributed by atoms with Crippen LogP contribution in [0.5, 0.6) is 0 Å². The first-order chi connectivity index (χ1) is 14.4. The third kappa shape index (κ3) is 6.60. The van der Waals surface area contributed by atoms with E-state index in [0.717, 1.165) is 18.8 Å². The van der Waals surface area contributed by atoms with Gasteiger partial charge < -0.3 is 20.7 Å². The monoisotopic (exact) mass is 450 g/mol. The normalized spacial score (nSPS) is 15.3. The number of hydrogen-bond acceptors (Lipinski definition) is 5. The Kier molecular flexibility index (Phi) is 7.93. The quantitative estimate of drug-likeness (QED) is 0.598. The minimum atomic E-state index is -0.512. The topological polar surface area (TPSA) is 82.7 Å². The molecule has 0 radical (unpaired) electrons. The Morgan fingerprint density at radius 2 is 1.70 bits per heavy atom. The summed E-state index contributed by atoms with van der Waals surface area (Å²) in [5, 5.41) is 9.66. The average Bonchev–Trinajstić information content (AvgIpc) is 2.72. The van der Waals surface area contributed by atoms with Gasteiger partial charge in [-0.05, 0) is 49.4 Å². The Morgan fingerprint density at radius 3 is 2.40 bits per heavy atom. The van der Waals surface area contributed by atoms with Crippen molar-refractivity contribution in [3.63, 3.8) is 0 Å². The predicted octanol–water partition coefficient (Wildman–Crippen LogP) is 3.70. The van der Waals surface area contributed by atoms with Crippen molar-refractivity contribution in [3.8, 4) is 0 Å². The van der Waals surface area contributed by atoms with Crippen molar-refractivity contribution >= 4 is 52.1 Å². The van der Waals surface area contributed by atoms with Crippen LogP contribution in [0.2, 0.25) is 10.0 Å². The fraction of sp³-hybridized carbons (Fsp3) is 0.333. The lowest BCUT2D eigenvalue weighted by atomic mass is 10.2. The van der Waals surface area contributed by atoms with Gasteiger partial charge in [0.2, 0.25) is 11.8 Å². The van der Waals surface area contributed by atoms with Crippen molar-refractivity contribution in [2.75, 3.05) is 48.8 Å². The van der Waals surface area contributed by atoms with E-state index in [1.54, 1.807) is 49.4 Å². The zero-order valence-corrected chi connectivity index (χ0v) is 18.1. The Balaban J connectivity index is 1.49. The van der Waals surface area contributed by atoms with E-state index in [4.69, 9.17) is 27.9 Å². The molecule has 2 amide bonds. The van der Waals surface area contributed by atoms with E-state index in [0.29, 0.717) is 41.2 Å². The number of hydrogen-bond donors (Lipinski definition) is 3. The summed E-state index contributed by atoms with van der Waals surface area (Å²) in [6, 6.07) is 11.6. The summed E-state index contributed by atoms with van der Waals surface area (Å²) in [7, 11) is 0. The molecule has 3 rings (SSSR count). The van der Waals surface area contributed by atoms with Crippen LogP contribution >= 0.6 is 23.2 Å². The molecule has 0 bridgehead atoms. The number of halogens is 2. The van der Waals surface area contributed by atoms with E-state index in [2.05, 4.69) is 20.9 Å². The van der Waals surface area contributed by atoms with Crippen molar-refractivity contribution in [3.05, 3.63) is 52.5 Å². The molecule has 0 spiro atoms. The summed E-state index contributed by atoms with van der Waals surface area (Å²) < 4.78 is 5.28. The molecule has 2 aromatic carbocycles. The summed E-state index contributed by atoms with van der Waals surface area (Å²) in [6.45, 7) is 4.91. The van der Waals surface area contributed by atoms with Gasteiger partial charge in [0.25, 0.3) is 0 Å². The van der Waals surface area contributed by atoms with Gasteiger partial charge >= 0.3 is 0 Å². The van der Waals surface area contributed by atoms with Gasteiger partial charge in [0.15, 0.2) is 0 Å². The Bertz CT molecular complexity index is 886. The third-order valence-electron chi connectivity index (χ3n) is 4.60. The number of morpholine rings is 1. The maximum Gasteiger partial charge on any atom is 0.246 e. The first-order valence-corrected chi connectivity index (χ1v) is 10.4. The van der Waals surface area contributed by atoms with Crippen LogP contribution in [0.1, 0.15) is 6.92 Å². The maximum atomic E-state index is 12.4. The molecular weight excluding hydrogens is 427 g/mol. The third-order valence-corrected chi connectivity index (χ3v) is 5.17. The zero-order valence-electron chi connectivity index (χ0n) is 16.6. The summed E-state index contributed by atoms with van der Waals surface area (Å²) in [5.74, 6) is -0.314. The number of amides is 2. The van der Waals surface area contributed by atoms with Gasteiger partial charge in [0, 0.05) is 29.5 Å². The van der Waals surface area contributed by atoms with Gasteiger partial charge in [0.1, 0.15) is 6.04 Å².